The number of ether oxygens (including phenoxy) is 1. The van der Waals surface area contributed by atoms with E-state index in [1.807, 2.05) is 20.8 Å². The van der Waals surface area contributed by atoms with Gasteiger partial charge in [-0.1, -0.05) is 0 Å². The second kappa shape index (κ2) is 6.58. The smallest absolute Gasteiger partial charge is 0.410 e. The van der Waals surface area contributed by atoms with Gasteiger partial charge in [0.25, 0.3) is 0 Å². The van der Waals surface area contributed by atoms with Crippen LogP contribution in [0, 0.1) is 0 Å². The molecule has 0 aromatic rings. The highest BCUT2D eigenvalue weighted by Gasteiger charge is 2.25. The molecule has 1 saturated heterocycles. The van der Waals surface area contributed by atoms with Gasteiger partial charge in [0.1, 0.15) is 5.60 Å². The van der Waals surface area contributed by atoms with Gasteiger partial charge in [-0.3, -0.25) is 9.69 Å². The number of carbonyl (C=O) groups is 2. The first kappa shape index (κ1) is 14.8. The van der Waals surface area contributed by atoms with Gasteiger partial charge >= 0.3 is 6.09 Å². The van der Waals surface area contributed by atoms with Crippen LogP contribution in [-0.4, -0.2) is 67.2 Å². The highest BCUT2D eigenvalue weighted by atomic mass is 16.6. The third-order valence-electron chi connectivity index (χ3n) is 2.68. The Kier molecular flexibility index (Phi) is 5.40. The molecule has 0 aliphatic carbocycles. The predicted octanol–water partition coefficient (Wildman–Crippen LogP) is 0.285. The average Bonchev–Trinajstić information content (AvgIpc) is 2.28. The Morgan fingerprint density at radius 3 is 2.39 bits per heavy atom. The Morgan fingerprint density at radius 1 is 1.28 bits per heavy atom. The lowest BCUT2D eigenvalue weighted by molar-refractivity contribution is -0.109. The van der Waals surface area contributed by atoms with Crippen molar-refractivity contribution in [3.05, 3.63) is 0 Å². The second-order valence-corrected chi connectivity index (χ2v) is 5.38. The molecule has 0 saturated carbocycles. The van der Waals surface area contributed by atoms with Crippen LogP contribution >= 0.6 is 0 Å². The van der Waals surface area contributed by atoms with Crippen LogP contribution in [0.4, 0.5) is 4.79 Å². The van der Waals surface area contributed by atoms with Crippen molar-refractivity contribution >= 4 is 12.5 Å². The summed E-state index contributed by atoms with van der Waals surface area (Å²) in [7, 11) is 0. The van der Waals surface area contributed by atoms with Crippen molar-refractivity contribution in [1.82, 2.24) is 15.1 Å². The van der Waals surface area contributed by atoms with E-state index >= 15 is 0 Å². The summed E-state index contributed by atoms with van der Waals surface area (Å²) in [6.07, 6.45) is 0.463. The molecule has 6 heteroatoms. The molecule has 0 aromatic heterocycles. The zero-order valence-corrected chi connectivity index (χ0v) is 11.4. The molecule has 1 aliphatic rings. The van der Waals surface area contributed by atoms with E-state index in [4.69, 9.17) is 4.74 Å². The molecular weight excluding hydrogens is 234 g/mol. The maximum Gasteiger partial charge on any atom is 0.410 e. The van der Waals surface area contributed by atoms with E-state index < -0.39 is 5.60 Å². The van der Waals surface area contributed by atoms with Gasteiger partial charge in [-0.05, 0) is 20.8 Å². The van der Waals surface area contributed by atoms with E-state index in [9.17, 15) is 9.59 Å². The standard InChI is InChI=1S/C12H23N3O3/c1-12(2,3)18-11(17)15-8-6-14(7-9-15)5-4-13-10-16/h10H,4-9H2,1-3H3,(H,13,16). The van der Waals surface area contributed by atoms with Crippen LogP contribution in [0.2, 0.25) is 0 Å². The number of nitrogens with one attached hydrogen (secondary N) is 1. The molecule has 0 unspecified atom stereocenters. The minimum absolute atomic E-state index is 0.242. The number of nitrogens with zero attached hydrogens (tertiary/aromatic N) is 2. The van der Waals surface area contributed by atoms with Gasteiger partial charge < -0.3 is 15.0 Å². The van der Waals surface area contributed by atoms with Crippen molar-refractivity contribution in [2.45, 2.75) is 26.4 Å². The summed E-state index contributed by atoms with van der Waals surface area (Å²) >= 11 is 0. The van der Waals surface area contributed by atoms with Crippen LogP contribution in [0.3, 0.4) is 0 Å². The summed E-state index contributed by atoms with van der Waals surface area (Å²) in [5.41, 5.74) is -0.442. The molecule has 6 nitrogen and oxygen atoms in total. The van der Waals surface area contributed by atoms with E-state index in [0.29, 0.717) is 26.0 Å². The largest absolute Gasteiger partial charge is 0.444 e. The zero-order chi connectivity index (χ0) is 13.6. The fourth-order valence-electron chi connectivity index (χ4n) is 1.76. The van der Waals surface area contributed by atoms with Crippen LogP contribution in [0.15, 0.2) is 0 Å². The van der Waals surface area contributed by atoms with E-state index in [1.54, 1.807) is 4.90 Å². The molecule has 0 aromatic carbocycles. The molecule has 2 amide bonds. The first-order chi connectivity index (χ1) is 8.42. The first-order valence-electron chi connectivity index (χ1n) is 6.30. The van der Waals surface area contributed by atoms with Crippen molar-refractivity contribution in [1.29, 1.82) is 0 Å². The normalized spacial score (nSPS) is 17.4. The van der Waals surface area contributed by atoms with Crippen LogP contribution in [0.25, 0.3) is 0 Å². The summed E-state index contributed by atoms with van der Waals surface area (Å²) in [6.45, 7) is 10.1. The van der Waals surface area contributed by atoms with Crippen LogP contribution < -0.4 is 5.32 Å². The monoisotopic (exact) mass is 257 g/mol. The summed E-state index contributed by atoms with van der Waals surface area (Å²) in [5.74, 6) is 0. The Balaban J connectivity index is 2.26. The summed E-state index contributed by atoms with van der Waals surface area (Å²) in [6, 6.07) is 0. The number of amides is 2. The maximum absolute atomic E-state index is 11.8. The Hall–Kier alpha value is -1.30. The Labute approximate surface area is 108 Å². The van der Waals surface area contributed by atoms with E-state index in [2.05, 4.69) is 10.2 Å². The van der Waals surface area contributed by atoms with Gasteiger partial charge in [0, 0.05) is 39.3 Å². The van der Waals surface area contributed by atoms with Gasteiger partial charge in [0.2, 0.25) is 6.41 Å². The third-order valence-corrected chi connectivity index (χ3v) is 2.68. The highest BCUT2D eigenvalue weighted by molar-refractivity contribution is 5.68. The molecule has 0 atom stereocenters. The zero-order valence-electron chi connectivity index (χ0n) is 11.4. The number of hydrogen-bond donors (Lipinski definition) is 1. The average molecular weight is 257 g/mol. The molecular formula is C12H23N3O3. The fourth-order valence-corrected chi connectivity index (χ4v) is 1.76. The Morgan fingerprint density at radius 2 is 1.89 bits per heavy atom. The third kappa shape index (κ3) is 5.35. The molecule has 1 fully saturated rings. The molecule has 0 radical (unpaired) electrons. The number of piperazine rings is 1. The van der Waals surface area contributed by atoms with E-state index in [1.165, 1.54) is 0 Å². The minimum Gasteiger partial charge on any atom is -0.444 e. The molecule has 1 N–H and O–H groups in total. The fraction of sp³-hybridized carbons (Fsp3) is 0.833. The maximum atomic E-state index is 11.8. The first-order valence-corrected chi connectivity index (χ1v) is 6.30. The van der Waals surface area contributed by atoms with Gasteiger partial charge in [-0.25, -0.2) is 4.79 Å². The summed E-state index contributed by atoms with van der Waals surface area (Å²) in [4.78, 5) is 25.9. The van der Waals surface area contributed by atoms with Crippen LogP contribution in [0.5, 0.6) is 0 Å². The quantitative estimate of drug-likeness (QED) is 0.580. The van der Waals surface area contributed by atoms with Crippen LogP contribution in [0.1, 0.15) is 20.8 Å². The highest BCUT2D eigenvalue weighted by Crippen LogP contribution is 2.11. The lowest BCUT2D eigenvalue weighted by Gasteiger charge is -2.35. The SMILES string of the molecule is CC(C)(C)OC(=O)N1CCN(CCNC=O)CC1. The number of hydrogen-bond acceptors (Lipinski definition) is 4. The molecule has 18 heavy (non-hydrogen) atoms. The van der Waals surface area contributed by atoms with Crippen molar-refractivity contribution in [2.24, 2.45) is 0 Å². The molecule has 1 aliphatic heterocycles. The van der Waals surface area contributed by atoms with Gasteiger partial charge in [-0.15, -0.1) is 0 Å². The lowest BCUT2D eigenvalue weighted by Crippen LogP contribution is -2.51. The molecule has 104 valence electrons. The number of rotatable bonds is 4. The van der Waals surface area contributed by atoms with Crippen LogP contribution in [-0.2, 0) is 9.53 Å². The minimum atomic E-state index is -0.442. The van der Waals surface area contributed by atoms with Crippen molar-refractivity contribution in [3.63, 3.8) is 0 Å². The molecule has 1 rings (SSSR count). The summed E-state index contributed by atoms with van der Waals surface area (Å²) < 4.78 is 5.32. The van der Waals surface area contributed by atoms with Gasteiger partial charge in [0.05, 0.1) is 0 Å². The number of carbonyl (C=O) groups excluding carboxylic acids is 2. The summed E-state index contributed by atoms with van der Waals surface area (Å²) in [5, 5.41) is 2.63. The van der Waals surface area contributed by atoms with Gasteiger partial charge in [0.15, 0.2) is 0 Å². The van der Waals surface area contributed by atoms with Crippen molar-refractivity contribution in [3.8, 4) is 0 Å². The Bertz CT molecular complexity index is 281. The molecule has 0 bridgehead atoms. The van der Waals surface area contributed by atoms with Crippen molar-refractivity contribution in [2.75, 3.05) is 39.3 Å². The van der Waals surface area contributed by atoms with Gasteiger partial charge in [-0.2, -0.15) is 0 Å². The topological polar surface area (TPSA) is 61.9 Å². The molecule has 1 heterocycles. The molecule has 0 spiro atoms. The lowest BCUT2D eigenvalue weighted by atomic mass is 10.2. The van der Waals surface area contributed by atoms with E-state index in [-0.39, 0.29) is 6.09 Å². The van der Waals surface area contributed by atoms with E-state index in [0.717, 1.165) is 19.6 Å². The predicted molar refractivity (Wildman–Crippen MR) is 68.3 cm³/mol. The second-order valence-electron chi connectivity index (χ2n) is 5.38. The van der Waals surface area contributed by atoms with Crippen molar-refractivity contribution < 1.29 is 14.3 Å².